The summed E-state index contributed by atoms with van der Waals surface area (Å²) in [6.45, 7) is 5.51. The van der Waals surface area contributed by atoms with Gasteiger partial charge >= 0.3 is 0 Å². The molecule has 1 atom stereocenters. The van der Waals surface area contributed by atoms with Gasteiger partial charge in [-0.25, -0.2) is 15.0 Å². The molecule has 3 aromatic heterocycles. The van der Waals surface area contributed by atoms with E-state index in [1.165, 1.54) is 0 Å². The predicted octanol–water partition coefficient (Wildman–Crippen LogP) is 2.16. The van der Waals surface area contributed by atoms with E-state index < -0.39 is 11.2 Å². The van der Waals surface area contributed by atoms with Crippen molar-refractivity contribution in [1.82, 2.24) is 25.1 Å². The second-order valence-corrected chi connectivity index (χ2v) is 8.45. The molecule has 4 rings (SSSR count). The Labute approximate surface area is 160 Å². The Morgan fingerprint density at radius 1 is 1.19 bits per heavy atom. The Bertz CT molecular complexity index is 931. The predicted molar refractivity (Wildman–Crippen MR) is 105 cm³/mol. The van der Waals surface area contributed by atoms with E-state index in [4.69, 9.17) is 4.74 Å². The van der Waals surface area contributed by atoms with Crippen molar-refractivity contribution in [1.29, 1.82) is 0 Å². The molecule has 1 aliphatic rings. The molecule has 0 aromatic carbocycles. The summed E-state index contributed by atoms with van der Waals surface area (Å²) >= 11 is -0.737. The molecule has 1 saturated heterocycles. The first-order valence-electron chi connectivity index (χ1n) is 9.03. The van der Waals surface area contributed by atoms with Crippen molar-refractivity contribution in [3.8, 4) is 17.3 Å². The molecule has 3 aromatic rings. The summed E-state index contributed by atoms with van der Waals surface area (Å²) < 4.78 is 17.5. The molecule has 142 valence electrons. The van der Waals surface area contributed by atoms with Crippen LogP contribution in [0.3, 0.4) is 0 Å². The molecule has 27 heavy (non-hydrogen) atoms. The maximum atomic E-state index is 11.8. The number of nitrogens with one attached hydrogen (secondary N) is 1. The van der Waals surface area contributed by atoms with Crippen LogP contribution in [0, 0.1) is 0 Å². The van der Waals surface area contributed by atoms with Crippen molar-refractivity contribution in [2.45, 2.75) is 26.4 Å². The average Bonchev–Trinajstić information content (AvgIpc) is 2.94. The van der Waals surface area contributed by atoms with Gasteiger partial charge in [0.15, 0.2) is 0 Å². The lowest BCUT2D eigenvalue weighted by Crippen LogP contribution is -2.27. The van der Waals surface area contributed by atoms with Gasteiger partial charge in [-0.15, -0.1) is 0 Å². The minimum absolute atomic E-state index is 0.0459. The number of hydrogen-bond acceptors (Lipinski definition) is 7. The number of aromatic amines is 1. The molecule has 0 radical (unpaired) electrons. The van der Waals surface area contributed by atoms with Crippen molar-refractivity contribution in [3.05, 3.63) is 24.7 Å². The van der Waals surface area contributed by atoms with E-state index in [9.17, 15) is 4.55 Å². The minimum Gasteiger partial charge on any atom is -0.616 e. The highest BCUT2D eigenvalue weighted by Crippen LogP contribution is 2.28. The van der Waals surface area contributed by atoms with Crippen LogP contribution < -0.4 is 9.64 Å². The molecule has 0 spiro atoms. The number of fused-ring (bicyclic) bond motifs is 1. The van der Waals surface area contributed by atoms with Crippen LogP contribution in [0.15, 0.2) is 24.7 Å². The van der Waals surface area contributed by atoms with Crippen LogP contribution in [-0.4, -0.2) is 60.4 Å². The van der Waals surface area contributed by atoms with Crippen LogP contribution in [0.4, 0.5) is 5.82 Å². The molecule has 4 heterocycles. The van der Waals surface area contributed by atoms with E-state index in [-0.39, 0.29) is 6.10 Å². The van der Waals surface area contributed by atoms with Crippen LogP contribution in [0.25, 0.3) is 22.3 Å². The Balaban J connectivity index is 1.67. The zero-order valence-electron chi connectivity index (χ0n) is 15.4. The topological polar surface area (TPSA) is 103 Å². The number of anilines is 1. The lowest BCUT2D eigenvalue weighted by molar-refractivity contribution is 0.233. The first kappa shape index (κ1) is 18.0. The number of hydrogen-bond donors (Lipinski definition) is 1. The highest BCUT2D eigenvalue weighted by molar-refractivity contribution is 7.91. The fourth-order valence-corrected chi connectivity index (χ4v) is 4.20. The number of aromatic nitrogens is 5. The normalized spacial score (nSPS) is 18.1. The zero-order valence-corrected chi connectivity index (χ0v) is 16.2. The van der Waals surface area contributed by atoms with Crippen LogP contribution in [-0.2, 0) is 11.2 Å². The molecule has 0 saturated carbocycles. The van der Waals surface area contributed by atoms with Crippen LogP contribution >= 0.6 is 0 Å². The summed E-state index contributed by atoms with van der Waals surface area (Å²) in [5.41, 5.74) is 2.30. The van der Waals surface area contributed by atoms with E-state index in [1.807, 2.05) is 26.0 Å². The molecule has 1 unspecified atom stereocenters. The molecule has 0 bridgehead atoms. The van der Waals surface area contributed by atoms with E-state index >= 15 is 0 Å². The van der Waals surface area contributed by atoms with Gasteiger partial charge in [0.25, 0.3) is 0 Å². The minimum atomic E-state index is -0.737. The molecule has 1 N–H and O–H groups in total. The van der Waals surface area contributed by atoms with Gasteiger partial charge in [0.2, 0.25) is 5.88 Å². The SMILES string of the molecule is CC(C)Oc1cc2c(-c3cc(N4CCC[S+]([O-])CC4)ncn3)n[nH]c2cn1. The van der Waals surface area contributed by atoms with E-state index in [2.05, 4.69) is 30.0 Å². The van der Waals surface area contributed by atoms with Crippen molar-refractivity contribution in [2.75, 3.05) is 29.5 Å². The summed E-state index contributed by atoms with van der Waals surface area (Å²) in [5, 5.41) is 8.33. The maximum Gasteiger partial charge on any atom is 0.214 e. The summed E-state index contributed by atoms with van der Waals surface area (Å²) in [7, 11) is 0. The van der Waals surface area contributed by atoms with E-state index in [1.54, 1.807) is 12.5 Å². The standard InChI is InChI=1S/C18H22N6O2S/c1-12(2)26-17-8-13-15(10-19-17)22-23-18(13)14-9-16(21-11-20-14)24-4-3-6-27(25)7-5-24/h8-12H,3-7H2,1-2H3,(H,22,23). The van der Waals surface area contributed by atoms with Crippen molar-refractivity contribution in [3.63, 3.8) is 0 Å². The second-order valence-electron chi connectivity index (χ2n) is 6.76. The fraction of sp³-hybridized carbons (Fsp3) is 0.444. The molecule has 1 aliphatic heterocycles. The molecular formula is C18H22N6O2S. The second kappa shape index (κ2) is 7.69. The summed E-state index contributed by atoms with van der Waals surface area (Å²) in [5.74, 6) is 2.82. The van der Waals surface area contributed by atoms with Gasteiger partial charge < -0.3 is 14.2 Å². The largest absolute Gasteiger partial charge is 0.616 e. The van der Waals surface area contributed by atoms with Crippen LogP contribution in [0.2, 0.25) is 0 Å². The van der Waals surface area contributed by atoms with Gasteiger partial charge in [-0.3, -0.25) is 5.10 Å². The molecule has 9 heteroatoms. The summed E-state index contributed by atoms with van der Waals surface area (Å²) in [4.78, 5) is 15.3. The smallest absolute Gasteiger partial charge is 0.214 e. The zero-order chi connectivity index (χ0) is 18.8. The lowest BCUT2D eigenvalue weighted by Gasteiger charge is -2.20. The quantitative estimate of drug-likeness (QED) is 0.685. The molecule has 1 fully saturated rings. The van der Waals surface area contributed by atoms with E-state index in [0.29, 0.717) is 11.6 Å². The Morgan fingerprint density at radius 3 is 2.93 bits per heavy atom. The van der Waals surface area contributed by atoms with Gasteiger partial charge in [0, 0.05) is 30.5 Å². The Kier molecular flexibility index (Phi) is 5.13. The van der Waals surface area contributed by atoms with Gasteiger partial charge in [-0.05, 0) is 13.8 Å². The van der Waals surface area contributed by atoms with Gasteiger partial charge in [0.05, 0.1) is 30.1 Å². The summed E-state index contributed by atoms with van der Waals surface area (Å²) in [6.07, 6.45) is 4.22. The van der Waals surface area contributed by atoms with Gasteiger partial charge in [-0.1, -0.05) is 11.2 Å². The number of rotatable bonds is 4. The molecule has 8 nitrogen and oxygen atoms in total. The Hall–Kier alpha value is -2.39. The average molecular weight is 386 g/mol. The molecule has 0 amide bonds. The maximum absolute atomic E-state index is 11.8. The third kappa shape index (κ3) is 3.98. The van der Waals surface area contributed by atoms with Crippen molar-refractivity contribution in [2.24, 2.45) is 0 Å². The number of ether oxygens (including phenoxy) is 1. The van der Waals surface area contributed by atoms with Gasteiger partial charge in [0.1, 0.15) is 29.3 Å². The monoisotopic (exact) mass is 386 g/mol. The van der Waals surface area contributed by atoms with E-state index in [0.717, 1.165) is 53.4 Å². The van der Waals surface area contributed by atoms with Crippen LogP contribution in [0.5, 0.6) is 5.88 Å². The van der Waals surface area contributed by atoms with Gasteiger partial charge in [-0.2, -0.15) is 5.10 Å². The molecular weight excluding hydrogens is 364 g/mol. The number of H-pyrrole nitrogens is 1. The lowest BCUT2D eigenvalue weighted by atomic mass is 10.2. The number of nitrogens with zero attached hydrogens (tertiary/aromatic N) is 5. The highest BCUT2D eigenvalue weighted by Gasteiger charge is 2.19. The first-order chi connectivity index (χ1) is 13.1. The third-order valence-electron chi connectivity index (χ3n) is 4.39. The van der Waals surface area contributed by atoms with Crippen molar-refractivity contribution < 1.29 is 9.29 Å². The first-order valence-corrected chi connectivity index (χ1v) is 10.5. The summed E-state index contributed by atoms with van der Waals surface area (Å²) in [6, 6.07) is 3.82. The third-order valence-corrected chi connectivity index (χ3v) is 5.77. The molecule has 0 aliphatic carbocycles. The van der Waals surface area contributed by atoms with Crippen LogP contribution in [0.1, 0.15) is 20.3 Å². The highest BCUT2D eigenvalue weighted by atomic mass is 32.2. The van der Waals surface area contributed by atoms with Crippen molar-refractivity contribution >= 4 is 27.9 Å². The number of pyridine rings is 1. The fourth-order valence-electron chi connectivity index (χ4n) is 3.12. The Morgan fingerprint density at radius 2 is 2.07 bits per heavy atom.